The van der Waals surface area contributed by atoms with Gasteiger partial charge >= 0.3 is 0 Å². The Balaban J connectivity index is 1.90. The Kier molecular flexibility index (Phi) is 6.07. The highest BCUT2D eigenvalue weighted by atomic mass is 35.5. The third kappa shape index (κ3) is 4.21. The average molecular weight is 411 g/mol. The summed E-state index contributed by atoms with van der Waals surface area (Å²) in [5.74, 6) is 1.43. The minimum atomic E-state index is 0.484. The van der Waals surface area contributed by atoms with Crippen LogP contribution in [0.15, 0.2) is 60.3 Å². The Morgan fingerprint density at radius 2 is 1.80 bits per heavy atom. The molecule has 0 spiro atoms. The molecule has 0 aliphatic carbocycles. The zero-order valence-electron chi connectivity index (χ0n) is 13.1. The van der Waals surface area contributed by atoms with Crippen LogP contribution in [0.25, 0.3) is 11.4 Å². The lowest BCUT2D eigenvalue weighted by molar-refractivity contribution is 0.731. The zero-order valence-corrected chi connectivity index (χ0v) is 16.2. The minimum absolute atomic E-state index is 0.484. The lowest BCUT2D eigenvalue weighted by Crippen LogP contribution is -2.00. The molecule has 1 heterocycles. The van der Waals surface area contributed by atoms with E-state index in [0.29, 0.717) is 22.3 Å². The van der Waals surface area contributed by atoms with E-state index in [-0.39, 0.29) is 0 Å². The molecule has 128 valence electrons. The van der Waals surface area contributed by atoms with Crippen molar-refractivity contribution in [1.82, 2.24) is 14.8 Å². The maximum atomic E-state index is 6.23. The van der Waals surface area contributed by atoms with Crippen molar-refractivity contribution in [2.75, 3.05) is 0 Å². The van der Waals surface area contributed by atoms with Gasteiger partial charge in [-0.25, -0.2) is 0 Å². The summed E-state index contributed by atoms with van der Waals surface area (Å²) in [6.07, 6.45) is 1.81. The van der Waals surface area contributed by atoms with Crippen molar-refractivity contribution in [3.8, 4) is 11.4 Å². The van der Waals surface area contributed by atoms with Gasteiger partial charge in [-0.05, 0) is 29.8 Å². The summed E-state index contributed by atoms with van der Waals surface area (Å²) in [4.78, 5) is 0. The third-order valence-electron chi connectivity index (χ3n) is 3.52. The quantitative estimate of drug-likeness (QED) is 0.349. The maximum absolute atomic E-state index is 6.23. The summed E-state index contributed by atoms with van der Waals surface area (Å²) in [7, 11) is 0. The van der Waals surface area contributed by atoms with Gasteiger partial charge in [-0.15, -0.1) is 16.8 Å². The Bertz CT molecular complexity index is 908. The number of hydrogen-bond acceptors (Lipinski definition) is 3. The van der Waals surface area contributed by atoms with Crippen LogP contribution < -0.4 is 0 Å². The van der Waals surface area contributed by atoms with Crippen molar-refractivity contribution < 1.29 is 0 Å². The van der Waals surface area contributed by atoms with Gasteiger partial charge in [-0.3, -0.25) is 4.57 Å². The van der Waals surface area contributed by atoms with Crippen molar-refractivity contribution >= 4 is 46.6 Å². The van der Waals surface area contributed by atoms with Crippen LogP contribution in [0.4, 0.5) is 0 Å². The number of rotatable bonds is 6. The molecule has 1 aromatic heterocycles. The molecule has 25 heavy (non-hydrogen) atoms. The highest BCUT2D eigenvalue weighted by Gasteiger charge is 2.15. The van der Waals surface area contributed by atoms with E-state index in [2.05, 4.69) is 16.8 Å². The topological polar surface area (TPSA) is 30.7 Å². The van der Waals surface area contributed by atoms with Gasteiger partial charge in [0.25, 0.3) is 0 Å². The minimum Gasteiger partial charge on any atom is -0.298 e. The first-order valence-electron chi connectivity index (χ1n) is 7.46. The van der Waals surface area contributed by atoms with E-state index in [4.69, 9.17) is 34.8 Å². The molecule has 3 rings (SSSR count). The molecule has 3 nitrogen and oxygen atoms in total. The largest absolute Gasteiger partial charge is 0.298 e. The summed E-state index contributed by atoms with van der Waals surface area (Å²) in [5.41, 5.74) is 1.91. The van der Waals surface area contributed by atoms with Gasteiger partial charge in [0.2, 0.25) is 0 Å². The van der Waals surface area contributed by atoms with Gasteiger partial charge in [0.05, 0.1) is 10.0 Å². The number of allylic oxidation sites excluding steroid dienone is 1. The Morgan fingerprint density at radius 1 is 1.00 bits per heavy atom. The van der Waals surface area contributed by atoms with Crippen LogP contribution >= 0.6 is 46.6 Å². The van der Waals surface area contributed by atoms with E-state index >= 15 is 0 Å². The molecular weight excluding hydrogens is 397 g/mol. The van der Waals surface area contributed by atoms with Crippen LogP contribution in [-0.4, -0.2) is 14.8 Å². The lowest BCUT2D eigenvalue weighted by atomic mass is 10.2. The first-order chi connectivity index (χ1) is 12.1. The normalized spacial score (nSPS) is 10.8. The number of hydrogen-bond donors (Lipinski definition) is 0. The van der Waals surface area contributed by atoms with E-state index in [1.54, 1.807) is 23.9 Å². The number of nitrogens with zero attached hydrogens (tertiary/aromatic N) is 3. The van der Waals surface area contributed by atoms with E-state index < -0.39 is 0 Å². The molecule has 0 bridgehead atoms. The molecule has 0 radical (unpaired) electrons. The fourth-order valence-corrected chi connectivity index (χ4v) is 3.83. The molecule has 0 aliphatic rings. The Hall–Kier alpha value is -1.46. The van der Waals surface area contributed by atoms with Crippen molar-refractivity contribution in [3.63, 3.8) is 0 Å². The second-order valence-electron chi connectivity index (χ2n) is 5.21. The first-order valence-corrected chi connectivity index (χ1v) is 9.58. The van der Waals surface area contributed by atoms with Crippen LogP contribution in [0.5, 0.6) is 0 Å². The second-order valence-corrected chi connectivity index (χ2v) is 7.38. The molecule has 0 saturated heterocycles. The molecule has 0 N–H and O–H groups in total. The van der Waals surface area contributed by atoms with Crippen molar-refractivity contribution in [2.45, 2.75) is 17.5 Å². The zero-order chi connectivity index (χ0) is 17.8. The summed E-state index contributed by atoms with van der Waals surface area (Å²) in [5, 5.41) is 11.2. The molecule has 0 fully saturated rings. The number of halogens is 3. The Morgan fingerprint density at radius 3 is 2.52 bits per heavy atom. The summed E-state index contributed by atoms with van der Waals surface area (Å²) in [6, 6.07) is 13.2. The fraction of sp³-hybridized carbons (Fsp3) is 0.111. The highest BCUT2D eigenvalue weighted by Crippen LogP contribution is 2.31. The third-order valence-corrected chi connectivity index (χ3v) is 5.64. The van der Waals surface area contributed by atoms with Crippen molar-refractivity contribution in [1.29, 1.82) is 0 Å². The van der Waals surface area contributed by atoms with Crippen LogP contribution in [0.3, 0.4) is 0 Å². The standard InChI is InChI=1S/C18H14Cl3N3S/c1-2-9-24-17(12-7-8-15(20)16(21)10-12)22-23-18(24)25-11-13-5-3-4-6-14(13)19/h2-8,10H,1,9,11H2. The molecule has 0 saturated carbocycles. The van der Waals surface area contributed by atoms with Crippen LogP contribution in [0.2, 0.25) is 15.1 Å². The van der Waals surface area contributed by atoms with Gasteiger partial charge in [0.15, 0.2) is 11.0 Å². The summed E-state index contributed by atoms with van der Waals surface area (Å²) >= 11 is 19.9. The molecule has 0 amide bonds. The molecule has 7 heteroatoms. The predicted molar refractivity (Wildman–Crippen MR) is 107 cm³/mol. The first kappa shape index (κ1) is 18.3. The van der Waals surface area contributed by atoms with Crippen LogP contribution in [0.1, 0.15) is 5.56 Å². The van der Waals surface area contributed by atoms with Crippen LogP contribution in [-0.2, 0) is 12.3 Å². The summed E-state index contributed by atoms with van der Waals surface area (Å²) < 4.78 is 1.99. The van der Waals surface area contributed by atoms with Gasteiger partial charge < -0.3 is 0 Å². The van der Waals surface area contributed by atoms with Gasteiger partial charge in [-0.1, -0.05) is 70.8 Å². The van der Waals surface area contributed by atoms with E-state index in [1.807, 2.05) is 41.0 Å². The molecule has 0 unspecified atom stereocenters. The summed E-state index contributed by atoms with van der Waals surface area (Å²) in [6.45, 7) is 4.41. The van der Waals surface area contributed by atoms with Gasteiger partial charge in [-0.2, -0.15) is 0 Å². The SMILES string of the molecule is C=CCn1c(SCc2ccccc2Cl)nnc1-c1ccc(Cl)c(Cl)c1. The Labute approximate surface area is 165 Å². The van der Waals surface area contributed by atoms with E-state index in [1.165, 1.54) is 0 Å². The van der Waals surface area contributed by atoms with Crippen molar-refractivity contribution in [2.24, 2.45) is 0 Å². The monoisotopic (exact) mass is 409 g/mol. The molecule has 3 aromatic rings. The smallest absolute Gasteiger partial charge is 0.192 e. The average Bonchev–Trinajstić information content (AvgIpc) is 3.00. The molecular formula is C18H14Cl3N3S. The van der Waals surface area contributed by atoms with E-state index in [0.717, 1.165) is 27.1 Å². The molecule has 2 aromatic carbocycles. The van der Waals surface area contributed by atoms with Gasteiger partial charge in [0, 0.05) is 22.9 Å². The van der Waals surface area contributed by atoms with Crippen molar-refractivity contribution in [3.05, 3.63) is 75.8 Å². The number of thioether (sulfide) groups is 1. The number of benzene rings is 2. The predicted octanol–water partition coefficient (Wildman–Crippen LogP) is 6.38. The van der Waals surface area contributed by atoms with E-state index in [9.17, 15) is 0 Å². The fourth-order valence-electron chi connectivity index (χ4n) is 2.30. The highest BCUT2D eigenvalue weighted by molar-refractivity contribution is 7.98. The molecule has 0 atom stereocenters. The molecule has 0 aliphatic heterocycles. The lowest BCUT2D eigenvalue weighted by Gasteiger charge is -2.09. The maximum Gasteiger partial charge on any atom is 0.192 e. The van der Waals surface area contributed by atoms with Crippen LogP contribution in [0, 0.1) is 0 Å². The second kappa shape index (κ2) is 8.28. The van der Waals surface area contributed by atoms with Gasteiger partial charge in [0.1, 0.15) is 0 Å². The number of aromatic nitrogens is 3.